The van der Waals surface area contributed by atoms with Crippen molar-refractivity contribution in [3.63, 3.8) is 0 Å². The number of carbonyl (C=O) groups is 3. The van der Waals surface area contributed by atoms with Crippen LogP contribution in [0, 0.1) is 17.8 Å². The van der Waals surface area contributed by atoms with Gasteiger partial charge < -0.3 is 24.4 Å². The Morgan fingerprint density at radius 1 is 1.34 bits per heavy atom. The summed E-state index contributed by atoms with van der Waals surface area (Å²) in [6.45, 7) is 8.35. The summed E-state index contributed by atoms with van der Waals surface area (Å²) in [5.74, 6) is -1.19. The van der Waals surface area contributed by atoms with Gasteiger partial charge in [0.05, 0.1) is 30.3 Å². The Bertz CT molecular complexity index is 985. The molecular weight excluding hydrogens is 468 g/mol. The fourth-order valence-corrected chi connectivity index (χ4v) is 8.55. The second-order valence-corrected chi connectivity index (χ2v) is 10.9. The zero-order valence-electron chi connectivity index (χ0n) is 20.5. The van der Waals surface area contributed by atoms with E-state index in [2.05, 4.69) is 13.5 Å². The van der Waals surface area contributed by atoms with Crippen molar-refractivity contribution >= 4 is 35.2 Å². The van der Waals surface area contributed by atoms with E-state index >= 15 is 0 Å². The van der Waals surface area contributed by atoms with Crippen LogP contribution >= 0.6 is 11.8 Å². The lowest BCUT2D eigenvalue weighted by atomic mass is 9.66. The molecule has 0 aliphatic carbocycles. The number of methoxy groups -OCH3 is 1. The van der Waals surface area contributed by atoms with Crippen LogP contribution in [0.3, 0.4) is 0 Å². The Kier molecular flexibility index (Phi) is 7.47. The Hall–Kier alpha value is -2.52. The zero-order valence-corrected chi connectivity index (χ0v) is 21.3. The van der Waals surface area contributed by atoms with Gasteiger partial charge in [0.1, 0.15) is 11.8 Å². The standard InChI is InChI=1S/C26H34N2O6S/c1-5-12-27(17-8-10-18(33-4)11-9-17)24(31)22-26-16(3)15-19(35-26)20(25(32)34-6-2)21(26)23(30)28(22)13-7-14-29/h5,8-11,16,19-22,29H,1,6-7,12-15H2,2-4H3/t16?,19-,20+,21+,22?,26?/m1/s1. The van der Waals surface area contributed by atoms with Crippen LogP contribution in [0.15, 0.2) is 36.9 Å². The summed E-state index contributed by atoms with van der Waals surface area (Å²) in [4.78, 5) is 44.4. The minimum atomic E-state index is -0.752. The molecule has 1 aromatic carbocycles. The lowest BCUT2D eigenvalue weighted by Gasteiger charge is -2.40. The monoisotopic (exact) mass is 502 g/mol. The third-order valence-electron chi connectivity index (χ3n) is 7.56. The molecule has 3 saturated heterocycles. The topological polar surface area (TPSA) is 96.4 Å². The summed E-state index contributed by atoms with van der Waals surface area (Å²) in [6, 6.07) is 6.46. The molecule has 2 amide bonds. The van der Waals surface area contributed by atoms with Crippen molar-refractivity contribution in [1.82, 2.24) is 4.90 Å². The molecule has 0 aromatic heterocycles. The van der Waals surface area contributed by atoms with Gasteiger partial charge in [-0.3, -0.25) is 14.4 Å². The average Bonchev–Trinajstić information content (AvgIpc) is 3.44. The molecule has 1 N–H and O–H groups in total. The second-order valence-electron chi connectivity index (χ2n) is 9.35. The van der Waals surface area contributed by atoms with Crippen LogP contribution in [0.5, 0.6) is 5.75 Å². The molecule has 3 fully saturated rings. The number of aliphatic hydroxyl groups is 1. The largest absolute Gasteiger partial charge is 0.497 e. The maximum absolute atomic E-state index is 14.3. The van der Waals surface area contributed by atoms with Gasteiger partial charge in [-0.1, -0.05) is 13.0 Å². The number of fused-ring (bicyclic) bond motifs is 1. The van der Waals surface area contributed by atoms with Gasteiger partial charge in [-0.15, -0.1) is 18.3 Å². The quantitative estimate of drug-likeness (QED) is 0.388. The first-order valence-corrected chi connectivity index (χ1v) is 13.1. The number of rotatable bonds is 10. The molecule has 6 atom stereocenters. The van der Waals surface area contributed by atoms with Crippen LogP contribution in [0.25, 0.3) is 0 Å². The number of ether oxygens (including phenoxy) is 2. The van der Waals surface area contributed by atoms with Gasteiger partial charge >= 0.3 is 5.97 Å². The molecule has 3 heterocycles. The Morgan fingerprint density at radius 3 is 2.66 bits per heavy atom. The number of hydrogen-bond acceptors (Lipinski definition) is 7. The van der Waals surface area contributed by atoms with Crippen molar-refractivity contribution in [2.75, 3.05) is 38.3 Å². The van der Waals surface area contributed by atoms with Crippen molar-refractivity contribution < 1.29 is 29.0 Å². The molecule has 3 aliphatic rings. The van der Waals surface area contributed by atoms with E-state index in [0.717, 1.165) is 6.42 Å². The van der Waals surface area contributed by atoms with Crippen LogP contribution in [-0.4, -0.2) is 77.2 Å². The number of benzene rings is 1. The number of aliphatic hydroxyl groups excluding tert-OH is 1. The molecule has 35 heavy (non-hydrogen) atoms. The lowest BCUT2D eigenvalue weighted by molar-refractivity contribution is -0.154. The molecule has 3 aliphatic heterocycles. The minimum absolute atomic E-state index is 0.0536. The number of amides is 2. The van der Waals surface area contributed by atoms with E-state index in [9.17, 15) is 19.5 Å². The van der Waals surface area contributed by atoms with Crippen molar-refractivity contribution in [2.45, 2.75) is 42.7 Å². The summed E-state index contributed by atoms with van der Waals surface area (Å²) in [5.41, 5.74) is 0.678. The third-order valence-corrected chi connectivity index (χ3v) is 9.63. The van der Waals surface area contributed by atoms with E-state index in [0.29, 0.717) is 17.9 Å². The summed E-state index contributed by atoms with van der Waals surface area (Å²) >= 11 is 1.61. The molecule has 0 radical (unpaired) electrons. The van der Waals surface area contributed by atoms with Crippen LogP contribution in [0.4, 0.5) is 5.69 Å². The first kappa shape index (κ1) is 25.6. The van der Waals surface area contributed by atoms with Gasteiger partial charge in [-0.05, 0) is 49.9 Å². The molecule has 8 nitrogen and oxygen atoms in total. The van der Waals surface area contributed by atoms with Crippen LogP contribution < -0.4 is 9.64 Å². The van der Waals surface area contributed by atoms with E-state index in [1.54, 1.807) is 53.8 Å². The number of nitrogens with zero attached hydrogens (tertiary/aromatic N) is 2. The molecule has 190 valence electrons. The van der Waals surface area contributed by atoms with Crippen LogP contribution in [0.1, 0.15) is 26.7 Å². The molecule has 9 heteroatoms. The highest BCUT2D eigenvalue weighted by molar-refractivity contribution is 8.02. The molecule has 1 spiro atoms. The number of carbonyl (C=O) groups excluding carboxylic acids is 3. The molecule has 2 bridgehead atoms. The number of hydrogen-bond donors (Lipinski definition) is 1. The number of esters is 1. The van der Waals surface area contributed by atoms with Gasteiger partial charge in [0.25, 0.3) is 5.91 Å². The smallest absolute Gasteiger partial charge is 0.310 e. The van der Waals surface area contributed by atoms with Gasteiger partial charge in [-0.25, -0.2) is 0 Å². The maximum Gasteiger partial charge on any atom is 0.310 e. The SMILES string of the molecule is C=CCN(C(=O)C1N(CCCO)C(=O)[C@@H]2[C@@H](C(=O)OCC)[C@H]3CC(C)C12S3)c1ccc(OC)cc1. The third kappa shape index (κ3) is 4.02. The molecule has 0 saturated carbocycles. The molecule has 4 rings (SSSR count). The zero-order chi connectivity index (χ0) is 25.3. The van der Waals surface area contributed by atoms with E-state index in [-0.39, 0.29) is 55.3 Å². The minimum Gasteiger partial charge on any atom is -0.497 e. The summed E-state index contributed by atoms with van der Waals surface area (Å²) < 4.78 is 9.91. The van der Waals surface area contributed by atoms with Crippen molar-refractivity contribution in [3.05, 3.63) is 36.9 Å². The lowest BCUT2D eigenvalue weighted by Crippen LogP contribution is -2.57. The molecular formula is C26H34N2O6S. The predicted molar refractivity (Wildman–Crippen MR) is 134 cm³/mol. The summed E-state index contributed by atoms with van der Waals surface area (Å²) in [7, 11) is 1.58. The van der Waals surface area contributed by atoms with E-state index in [4.69, 9.17) is 9.47 Å². The number of thioether (sulfide) groups is 1. The van der Waals surface area contributed by atoms with Crippen LogP contribution in [0.2, 0.25) is 0 Å². The highest BCUT2D eigenvalue weighted by Crippen LogP contribution is 2.68. The fraction of sp³-hybridized carbons (Fsp3) is 0.577. The van der Waals surface area contributed by atoms with Gasteiger partial charge in [0.2, 0.25) is 5.91 Å². The van der Waals surface area contributed by atoms with Crippen LogP contribution in [-0.2, 0) is 19.1 Å². The Balaban J connectivity index is 1.78. The van der Waals surface area contributed by atoms with Crippen molar-refractivity contribution in [3.8, 4) is 5.75 Å². The first-order valence-electron chi connectivity index (χ1n) is 12.2. The predicted octanol–water partition coefficient (Wildman–Crippen LogP) is 2.50. The van der Waals surface area contributed by atoms with Gasteiger partial charge in [0, 0.05) is 30.6 Å². The maximum atomic E-state index is 14.3. The van der Waals surface area contributed by atoms with E-state index in [1.807, 2.05) is 12.1 Å². The summed E-state index contributed by atoms with van der Waals surface area (Å²) in [5, 5.41) is 9.46. The van der Waals surface area contributed by atoms with E-state index < -0.39 is 22.6 Å². The first-order chi connectivity index (χ1) is 16.8. The number of anilines is 1. The highest BCUT2D eigenvalue weighted by Gasteiger charge is 2.76. The van der Waals surface area contributed by atoms with Gasteiger partial charge in [0.15, 0.2) is 0 Å². The normalized spacial score (nSPS) is 30.8. The Morgan fingerprint density at radius 2 is 2.06 bits per heavy atom. The Labute approximate surface area is 210 Å². The van der Waals surface area contributed by atoms with E-state index in [1.165, 1.54) is 0 Å². The second kappa shape index (κ2) is 10.2. The summed E-state index contributed by atoms with van der Waals surface area (Å²) in [6.07, 6.45) is 2.77. The van der Waals surface area contributed by atoms with Crippen molar-refractivity contribution in [2.24, 2.45) is 17.8 Å². The molecule has 1 aromatic rings. The number of likely N-dealkylation sites (tertiary alicyclic amines) is 1. The van der Waals surface area contributed by atoms with Crippen molar-refractivity contribution in [1.29, 1.82) is 0 Å². The average molecular weight is 503 g/mol. The molecule has 3 unspecified atom stereocenters. The van der Waals surface area contributed by atoms with Gasteiger partial charge in [-0.2, -0.15) is 0 Å². The highest BCUT2D eigenvalue weighted by atomic mass is 32.2. The fourth-order valence-electron chi connectivity index (χ4n) is 6.15.